The molecule has 1 unspecified atom stereocenters. The van der Waals surface area contributed by atoms with Crippen molar-refractivity contribution in [3.63, 3.8) is 0 Å². The standard InChI is InChI=1S/C30H34ClN3O3/c1-19-16-24(12-10-21-8-9-21)34(29-26(36-3)6-5-7-27(29)37-4)30(35)28(19)20(2)33-15-14-22(18-33)25-13-11-23(31)17-32-25/h5-7,11,13,16-17,21-22,35H,1-2,8-10,12,14-15,18H2,3-4H3. The molecule has 3 heterocycles. The van der Waals surface area contributed by atoms with Crippen LogP contribution in [-0.2, 0) is 0 Å². The maximum Gasteiger partial charge on any atom is 0.206 e. The molecule has 1 N–H and O–H groups in total. The molecule has 0 radical (unpaired) electrons. The van der Waals surface area contributed by atoms with Crippen LogP contribution in [0.1, 0.15) is 43.7 Å². The summed E-state index contributed by atoms with van der Waals surface area (Å²) in [5.41, 5.74) is 4.80. The molecule has 1 atom stereocenters. The van der Waals surface area contributed by atoms with E-state index in [2.05, 4.69) is 29.1 Å². The summed E-state index contributed by atoms with van der Waals surface area (Å²) < 4.78 is 11.4. The number of aliphatic hydroxyl groups excluding tert-OH is 1. The van der Waals surface area contributed by atoms with Crippen LogP contribution in [0.3, 0.4) is 0 Å². The number of nitrogens with zero attached hydrogens (tertiary/aromatic N) is 3. The summed E-state index contributed by atoms with van der Waals surface area (Å²) in [4.78, 5) is 8.59. The lowest BCUT2D eigenvalue weighted by molar-refractivity contribution is 0.364. The van der Waals surface area contributed by atoms with Crippen LogP contribution in [0.2, 0.25) is 5.02 Å². The Labute approximate surface area is 224 Å². The lowest BCUT2D eigenvalue weighted by Crippen LogP contribution is -2.31. The van der Waals surface area contributed by atoms with Crippen LogP contribution in [0.15, 0.2) is 84.2 Å². The molecule has 3 aliphatic rings. The number of allylic oxidation sites excluding steroid dienone is 3. The van der Waals surface area contributed by atoms with E-state index in [1.165, 1.54) is 12.8 Å². The molecule has 0 amide bonds. The summed E-state index contributed by atoms with van der Waals surface area (Å²) in [5, 5.41) is 12.5. The third kappa shape index (κ3) is 5.08. The molecule has 194 valence electrons. The van der Waals surface area contributed by atoms with Crippen molar-refractivity contribution < 1.29 is 14.6 Å². The molecule has 0 spiro atoms. The molecule has 2 aromatic rings. The van der Waals surface area contributed by atoms with Gasteiger partial charge in [0.1, 0.15) is 17.2 Å². The van der Waals surface area contributed by atoms with Gasteiger partial charge in [-0.1, -0.05) is 43.7 Å². The molecule has 2 fully saturated rings. The molecule has 1 aliphatic carbocycles. The van der Waals surface area contributed by atoms with Crippen LogP contribution in [-0.4, -0.2) is 42.3 Å². The Morgan fingerprint density at radius 2 is 1.86 bits per heavy atom. The van der Waals surface area contributed by atoms with Gasteiger partial charge in [-0.05, 0) is 61.1 Å². The number of para-hydroxylation sites is 1. The number of methoxy groups -OCH3 is 2. The fourth-order valence-corrected chi connectivity index (χ4v) is 5.43. The number of likely N-dealkylation sites (tertiary alicyclic amines) is 1. The Kier molecular flexibility index (Phi) is 7.20. The third-order valence-corrected chi connectivity index (χ3v) is 7.77. The minimum Gasteiger partial charge on any atom is -0.494 e. The maximum atomic E-state index is 11.9. The number of hydrogen-bond acceptors (Lipinski definition) is 6. The topological polar surface area (TPSA) is 58.1 Å². The number of ether oxygens (including phenoxy) is 2. The summed E-state index contributed by atoms with van der Waals surface area (Å²) in [6.07, 6.45) is 9.15. The lowest BCUT2D eigenvalue weighted by atomic mass is 9.96. The average molecular weight is 520 g/mol. The van der Waals surface area contributed by atoms with Crippen molar-refractivity contribution in [2.45, 2.75) is 38.0 Å². The minimum atomic E-state index is 0.0964. The van der Waals surface area contributed by atoms with Crippen LogP contribution in [0.4, 0.5) is 5.69 Å². The van der Waals surface area contributed by atoms with Crippen LogP contribution in [0.5, 0.6) is 11.5 Å². The fraction of sp³-hybridized carbons (Fsp3) is 0.367. The number of aromatic nitrogens is 1. The number of halogens is 1. The van der Waals surface area contributed by atoms with Crippen LogP contribution < -0.4 is 14.4 Å². The zero-order valence-electron chi connectivity index (χ0n) is 21.5. The molecule has 7 heteroatoms. The predicted octanol–water partition coefficient (Wildman–Crippen LogP) is 6.98. The van der Waals surface area contributed by atoms with Gasteiger partial charge < -0.3 is 19.5 Å². The van der Waals surface area contributed by atoms with E-state index in [-0.39, 0.29) is 11.8 Å². The number of benzene rings is 1. The molecule has 1 saturated carbocycles. The largest absolute Gasteiger partial charge is 0.494 e. The fourth-order valence-electron chi connectivity index (χ4n) is 5.32. The smallest absolute Gasteiger partial charge is 0.206 e. The number of hydrogen-bond donors (Lipinski definition) is 1. The van der Waals surface area contributed by atoms with Gasteiger partial charge in [-0.3, -0.25) is 9.88 Å². The second-order valence-electron chi connectivity index (χ2n) is 9.97. The van der Waals surface area contributed by atoms with E-state index in [4.69, 9.17) is 21.1 Å². The Morgan fingerprint density at radius 3 is 2.49 bits per heavy atom. The second kappa shape index (κ2) is 10.5. The van der Waals surface area contributed by atoms with Gasteiger partial charge in [0.2, 0.25) is 5.88 Å². The molecule has 1 saturated heterocycles. The van der Waals surface area contributed by atoms with Gasteiger partial charge in [0, 0.05) is 42.3 Å². The Bertz CT molecular complexity index is 1240. The van der Waals surface area contributed by atoms with Crippen molar-refractivity contribution in [2.24, 2.45) is 5.92 Å². The van der Waals surface area contributed by atoms with Gasteiger partial charge in [-0.25, -0.2) is 0 Å². The quantitative estimate of drug-likeness (QED) is 0.386. The molecule has 0 bridgehead atoms. The second-order valence-corrected chi connectivity index (χ2v) is 10.4. The number of anilines is 1. The highest BCUT2D eigenvalue weighted by molar-refractivity contribution is 6.30. The summed E-state index contributed by atoms with van der Waals surface area (Å²) in [6.45, 7) is 10.3. The van der Waals surface area contributed by atoms with Gasteiger partial charge in [0.05, 0.1) is 24.8 Å². The van der Waals surface area contributed by atoms with Gasteiger partial charge in [-0.15, -0.1) is 0 Å². The van der Waals surface area contributed by atoms with E-state index in [9.17, 15) is 5.11 Å². The van der Waals surface area contributed by atoms with Crippen molar-refractivity contribution >= 4 is 17.3 Å². The first-order valence-electron chi connectivity index (χ1n) is 12.8. The third-order valence-electron chi connectivity index (χ3n) is 7.54. The van der Waals surface area contributed by atoms with Crippen molar-refractivity contribution in [3.05, 3.63) is 94.9 Å². The highest BCUT2D eigenvalue weighted by Crippen LogP contribution is 2.47. The number of rotatable bonds is 9. The van der Waals surface area contributed by atoms with Crippen molar-refractivity contribution in [1.29, 1.82) is 0 Å². The molecule has 1 aromatic carbocycles. The van der Waals surface area contributed by atoms with E-state index < -0.39 is 0 Å². The highest BCUT2D eigenvalue weighted by Gasteiger charge is 2.35. The van der Waals surface area contributed by atoms with Crippen LogP contribution >= 0.6 is 11.6 Å². The molecule has 2 aliphatic heterocycles. The van der Waals surface area contributed by atoms with Gasteiger partial charge in [0.25, 0.3) is 0 Å². The van der Waals surface area contributed by atoms with Crippen molar-refractivity contribution in [1.82, 2.24) is 9.88 Å². The number of aliphatic hydroxyl groups is 1. The SMILES string of the molecule is C=C1C=C(CCC2CC2)N(c2c(OC)cccc2OC)C(O)=C1C(=C)N1CCC(c2ccc(Cl)cn2)C1. The van der Waals surface area contributed by atoms with Crippen molar-refractivity contribution in [3.8, 4) is 11.5 Å². The van der Waals surface area contributed by atoms with Crippen LogP contribution in [0.25, 0.3) is 0 Å². The molecule has 1 aromatic heterocycles. The molecular formula is C30H34ClN3O3. The van der Waals surface area contributed by atoms with Gasteiger partial charge in [-0.2, -0.15) is 0 Å². The normalized spacial score (nSPS) is 19.8. The van der Waals surface area contributed by atoms with Gasteiger partial charge >= 0.3 is 0 Å². The van der Waals surface area contributed by atoms with Crippen molar-refractivity contribution in [2.75, 3.05) is 32.2 Å². The van der Waals surface area contributed by atoms with E-state index in [0.29, 0.717) is 27.8 Å². The molecule has 37 heavy (non-hydrogen) atoms. The first-order valence-corrected chi connectivity index (χ1v) is 13.2. The molecule has 6 nitrogen and oxygen atoms in total. The zero-order chi connectivity index (χ0) is 26.1. The average Bonchev–Trinajstić information content (AvgIpc) is 3.60. The predicted molar refractivity (Wildman–Crippen MR) is 148 cm³/mol. The maximum absolute atomic E-state index is 11.9. The highest BCUT2D eigenvalue weighted by atomic mass is 35.5. The molecular weight excluding hydrogens is 486 g/mol. The summed E-state index contributed by atoms with van der Waals surface area (Å²) >= 11 is 6.03. The van der Waals surface area contributed by atoms with E-state index in [0.717, 1.165) is 60.9 Å². The van der Waals surface area contributed by atoms with Gasteiger partial charge in [0.15, 0.2) is 0 Å². The van der Waals surface area contributed by atoms with E-state index in [1.54, 1.807) is 20.4 Å². The minimum absolute atomic E-state index is 0.0964. The van der Waals surface area contributed by atoms with Crippen LogP contribution in [0, 0.1) is 5.92 Å². The summed E-state index contributed by atoms with van der Waals surface area (Å²) in [5.74, 6) is 2.36. The first kappa shape index (κ1) is 25.3. The Balaban J connectivity index is 1.49. The molecule has 5 rings (SSSR count). The Morgan fingerprint density at radius 1 is 1.14 bits per heavy atom. The first-order chi connectivity index (χ1) is 17.9. The van der Waals surface area contributed by atoms with E-state index in [1.807, 2.05) is 35.2 Å². The monoisotopic (exact) mass is 519 g/mol. The lowest BCUT2D eigenvalue weighted by Gasteiger charge is -2.36. The summed E-state index contributed by atoms with van der Waals surface area (Å²) in [6, 6.07) is 9.51. The summed E-state index contributed by atoms with van der Waals surface area (Å²) in [7, 11) is 3.26. The zero-order valence-corrected chi connectivity index (χ0v) is 22.3. The number of pyridine rings is 1. The Hall–Kier alpha value is -3.38. The van der Waals surface area contributed by atoms with E-state index >= 15 is 0 Å².